The SMILES string of the molecule is [CH2]CCCc1ccccc1NC(=O)OCCCCC. The van der Waals surface area contributed by atoms with Gasteiger partial charge in [0.05, 0.1) is 6.61 Å². The minimum Gasteiger partial charge on any atom is -0.449 e. The number of hydrogen-bond donors (Lipinski definition) is 1. The van der Waals surface area contributed by atoms with Crippen LogP contribution in [0.25, 0.3) is 0 Å². The van der Waals surface area contributed by atoms with E-state index in [1.54, 1.807) is 0 Å². The zero-order chi connectivity index (χ0) is 13.9. The van der Waals surface area contributed by atoms with E-state index >= 15 is 0 Å². The van der Waals surface area contributed by atoms with E-state index in [4.69, 9.17) is 4.74 Å². The number of rotatable bonds is 8. The van der Waals surface area contributed by atoms with E-state index in [1.807, 2.05) is 24.3 Å². The van der Waals surface area contributed by atoms with E-state index in [0.29, 0.717) is 6.61 Å². The van der Waals surface area contributed by atoms with E-state index in [2.05, 4.69) is 19.2 Å². The van der Waals surface area contributed by atoms with E-state index in [-0.39, 0.29) is 6.09 Å². The molecule has 0 aliphatic rings. The summed E-state index contributed by atoms with van der Waals surface area (Å²) in [5.74, 6) is 0. The molecule has 1 aromatic rings. The second-order valence-corrected chi connectivity index (χ2v) is 4.58. The number of benzene rings is 1. The summed E-state index contributed by atoms with van der Waals surface area (Å²) in [6.07, 6.45) is 5.62. The molecule has 1 aromatic carbocycles. The predicted octanol–water partition coefficient (Wildman–Crippen LogP) is 4.58. The number of para-hydroxylation sites is 1. The van der Waals surface area contributed by atoms with Crippen LogP contribution in [0.4, 0.5) is 10.5 Å². The monoisotopic (exact) mass is 262 g/mol. The lowest BCUT2D eigenvalue weighted by atomic mass is 10.1. The molecule has 3 nitrogen and oxygen atoms in total. The third-order valence-electron chi connectivity index (χ3n) is 2.93. The minimum atomic E-state index is -0.363. The van der Waals surface area contributed by atoms with Crippen molar-refractivity contribution in [1.29, 1.82) is 0 Å². The standard InChI is InChI=1S/C16H24NO2/c1-3-5-9-13-19-16(18)17-15-12-8-7-11-14(15)10-6-4-2/h7-8,11-12H,2-6,9-10,13H2,1H3,(H,17,18). The van der Waals surface area contributed by atoms with Crippen LogP contribution in [0.1, 0.15) is 44.6 Å². The predicted molar refractivity (Wildman–Crippen MR) is 79.2 cm³/mol. The topological polar surface area (TPSA) is 38.3 Å². The normalized spacial score (nSPS) is 10.2. The molecule has 0 unspecified atom stereocenters. The summed E-state index contributed by atoms with van der Waals surface area (Å²) in [5, 5.41) is 2.81. The Morgan fingerprint density at radius 2 is 2.05 bits per heavy atom. The molecule has 0 bridgehead atoms. The van der Waals surface area contributed by atoms with Crippen LogP contribution in [0, 0.1) is 6.92 Å². The molecule has 0 aromatic heterocycles. The summed E-state index contributed by atoms with van der Waals surface area (Å²) in [6.45, 7) is 6.45. The fourth-order valence-corrected chi connectivity index (χ4v) is 1.84. The molecule has 1 N–H and O–H groups in total. The van der Waals surface area contributed by atoms with Gasteiger partial charge in [-0.25, -0.2) is 4.79 Å². The lowest BCUT2D eigenvalue weighted by Crippen LogP contribution is -2.15. The van der Waals surface area contributed by atoms with Crippen LogP contribution in [0.5, 0.6) is 0 Å². The van der Waals surface area contributed by atoms with Gasteiger partial charge in [-0.05, 0) is 30.9 Å². The average Bonchev–Trinajstić information content (AvgIpc) is 2.43. The average molecular weight is 262 g/mol. The molecule has 0 saturated heterocycles. The number of anilines is 1. The van der Waals surface area contributed by atoms with Gasteiger partial charge in [0.2, 0.25) is 0 Å². The maximum atomic E-state index is 11.7. The summed E-state index contributed by atoms with van der Waals surface area (Å²) in [5.41, 5.74) is 1.98. The van der Waals surface area contributed by atoms with Crippen molar-refractivity contribution in [3.05, 3.63) is 36.8 Å². The van der Waals surface area contributed by atoms with Gasteiger partial charge >= 0.3 is 6.09 Å². The lowest BCUT2D eigenvalue weighted by Gasteiger charge is -2.11. The molecule has 0 aliphatic carbocycles. The van der Waals surface area contributed by atoms with Gasteiger partial charge in [0, 0.05) is 5.69 Å². The van der Waals surface area contributed by atoms with Gasteiger partial charge in [0.1, 0.15) is 0 Å². The van der Waals surface area contributed by atoms with Crippen LogP contribution in [0.2, 0.25) is 0 Å². The van der Waals surface area contributed by atoms with E-state index in [1.165, 1.54) is 0 Å². The third kappa shape index (κ3) is 6.27. The third-order valence-corrected chi connectivity index (χ3v) is 2.93. The van der Waals surface area contributed by atoms with Crippen LogP contribution >= 0.6 is 0 Å². The van der Waals surface area contributed by atoms with Crippen molar-refractivity contribution in [3.8, 4) is 0 Å². The highest BCUT2D eigenvalue weighted by molar-refractivity contribution is 5.85. The van der Waals surface area contributed by atoms with Crippen molar-refractivity contribution in [1.82, 2.24) is 0 Å². The molecule has 3 heteroatoms. The number of aryl methyl sites for hydroxylation is 1. The maximum absolute atomic E-state index is 11.7. The van der Waals surface area contributed by atoms with E-state index in [9.17, 15) is 4.79 Å². The van der Waals surface area contributed by atoms with E-state index < -0.39 is 0 Å². The first kappa shape index (κ1) is 15.5. The first-order chi connectivity index (χ1) is 9.27. The van der Waals surface area contributed by atoms with Crippen molar-refractivity contribution >= 4 is 11.8 Å². The van der Waals surface area contributed by atoms with Crippen LogP contribution in [0.15, 0.2) is 24.3 Å². The van der Waals surface area contributed by atoms with Gasteiger partial charge in [-0.3, -0.25) is 5.32 Å². The summed E-state index contributed by atoms with van der Waals surface area (Å²) in [7, 11) is 0. The number of amides is 1. The molecular weight excluding hydrogens is 238 g/mol. The smallest absolute Gasteiger partial charge is 0.411 e. The molecular formula is C16H24NO2. The van der Waals surface area contributed by atoms with Crippen molar-refractivity contribution in [2.75, 3.05) is 11.9 Å². The Morgan fingerprint density at radius 1 is 1.26 bits per heavy atom. The zero-order valence-corrected chi connectivity index (χ0v) is 11.8. The summed E-state index contributed by atoms with van der Waals surface area (Å²) < 4.78 is 5.15. The van der Waals surface area contributed by atoms with Gasteiger partial charge in [-0.2, -0.15) is 0 Å². The van der Waals surface area contributed by atoms with Crippen LogP contribution < -0.4 is 5.32 Å². The van der Waals surface area contributed by atoms with Crippen molar-refractivity contribution in [2.24, 2.45) is 0 Å². The number of carbonyl (C=O) groups is 1. The Kier molecular flexibility index (Phi) is 7.71. The van der Waals surface area contributed by atoms with E-state index in [0.717, 1.165) is 49.8 Å². The van der Waals surface area contributed by atoms with Crippen molar-refractivity contribution in [3.63, 3.8) is 0 Å². The molecule has 0 spiro atoms. The van der Waals surface area contributed by atoms with Gasteiger partial charge in [-0.1, -0.05) is 51.3 Å². The lowest BCUT2D eigenvalue weighted by molar-refractivity contribution is 0.159. The minimum absolute atomic E-state index is 0.363. The number of hydrogen-bond acceptors (Lipinski definition) is 2. The summed E-state index contributed by atoms with van der Waals surface area (Å²) in [4.78, 5) is 11.7. The van der Waals surface area contributed by atoms with Crippen molar-refractivity contribution < 1.29 is 9.53 Å². The molecule has 1 radical (unpaired) electrons. The fraction of sp³-hybridized carbons (Fsp3) is 0.500. The molecule has 0 fully saturated rings. The Hall–Kier alpha value is -1.51. The fourth-order valence-electron chi connectivity index (χ4n) is 1.84. The Bertz CT molecular complexity index is 377. The molecule has 0 heterocycles. The summed E-state index contributed by atoms with van der Waals surface area (Å²) >= 11 is 0. The Labute approximate surface area is 116 Å². The first-order valence-corrected chi connectivity index (χ1v) is 7.08. The molecule has 1 amide bonds. The number of unbranched alkanes of at least 4 members (excludes halogenated alkanes) is 3. The Morgan fingerprint density at radius 3 is 2.79 bits per heavy atom. The number of carbonyl (C=O) groups excluding carboxylic acids is 1. The van der Waals surface area contributed by atoms with Crippen molar-refractivity contribution in [2.45, 2.75) is 45.4 Å². The molecule has 19 heavy (non-hydrogen) atoms. The Balaban J connectivity index is 2.44. The van der Waals surface area contributed by atoms with Crippen LogP contribution in [-0.4, -0.2) is 12.7 Å². The van der Waals surface area contributed by atoms with Gasteiger partial charge < -0.3 is 4.74 Å². The van der Waals surface area contributed by atoms with Gasteiger partial charge in [-0.15, -0.1) is 0 Å². The molecule has 1 rings (SSSR count). The van der Waals surface area contributed by atoms with Crippen LogP contribution in [-0.2, 0) is 11.2 Å². The van der Waals surface area contributed by atoms with Crippen LogP contribution in [0.3, 0.4) is 0 Å². The molecule has 0 aliphatic heterocycles. The summed E-state index contributed by atoms with van der Waals surface area (Å²) in [6, 6.07) is 7.84. The molecule has 0 atom stereocenters. The highest BCUT2D eigenvalue weighted by Gasteiger charge is 2.06. The number of nitrogens with one attached hydrogen (secondary N) is 1. The van der Waals surface area contributed by atoms with Gasteiger partial charge in [0.25, 0.3) is 0 Å². The highest BCUT2D eigenvalue weighted by Crippen LogP contribution is 2.17. The largest absolute Gasteiger partial charge is 0.449 e. The number of ether oxygens (including phenoxy) is 1. The second kappa shape index (κ2) is 9.42. The maximum Gasteiger partial charge on any atom is 0.411 e. The van der Waals surface area contributed by atoms with Gasteiger partial charge in [0.15, 0.2) is 0 Å². The second-order valence-electron chi connectivity index (χ2n) is 4.58. The highest BCUT2D eigenvalue weighted by atomic mass is 16.5. The zero-order valence-electron chi connectivity index (χ0n) is 11.8. The molecule has 0 saturated carbocycles. The first-order valence-electron chi connectivity index (χ1n) is 7.08. The quantitative estimate of drug-likeness (QED) is 0.696. The molecule has 105 valence electrons.